The van der Waals surface area contributed by atoms with Gasteiger partial charge in [0.2, 0.25) is 0 Å². The number of hydrogen-bond donors (Lipinski definition) is 2. The number of fused-ring (bicyclic) bond motifs is 1. The van der Waals surface area contributed by atoms with Crippen molar-refractivity contribution < 1.29 is 9.53 Å². The van der Waals surface area contributed by atoms with Gasteiger partial charge in [-0.1, -0.05) is 42.5 Å². The fourth-order valence-corrected chi connectivity index (χ4v) is 7.40. The summed E-state index contributed by atoms with van der Waals surface area (Å²) in [5.74, 6) is -0.00466. The Morgan fingerprint density at radius 2 is 1.72 bits per heavy atom. The molecule has 7 rings (SSSR count). The number of nitrogens with one attached hydrogen (secondary N) is 1. The van der Waals surface area contributed by atoms with Gasteiger partial charge in [-0.3, -0.25) is 14.4 Å². The van der Waals surface area contributed by atoms with Crippen LogP contribution in [-0.2, 0) is 24.8 Å². The molecule has 3 heterocycles. The molecule has 4 aromatic rings. The molecule has 1 amide bonds. The fourth-order valence-electron chi connectivity index (χ4n) is 7.40. The van der Waals surface area contributed by atoms with Gasteiger partial charge in [0.15, 0.2) is 0 Å². The number of carbonyl (C=O) groups excluding carboxylic acids is 1. The van der Waals surface area contributed by atoms with Gasteiger partial charge in [-0.15, -0.1) is 0 Å². The number of nitrogens with zero attached hydrogens (tertiary/aromatic N) is 5. The van der Waals surface area contributed by atoms with Crippen LogP contribution in [0, 0.1) is 0 Å². The second-order valence-electron chi connectivity index (χ2n) is 13.3. The van der Waals surface area contributed by atoms with E-state index in [1.807, 2.05) is 13.2 Å². The molecule has 3 N–H and O–H groups in total. The summed E-state index contributed by atoms with van der Waals surface area (Å²) in [5.41, 5.74) is 14.9. The minimum Gasteiger partial charge on any atom is -0.383 e. The Morgan fingerprint density at radius 3 is 2.50 bits per heavy atom. The second kappa shape index (κ2) is 13.4. The van der Waals surface area contributed by atoms with Gasteiger partial charge in [0.05, 0.1) is 30.5 Å². The van der Waals surface area contributed by atoms with Crippen molar-refractivity contribution in [2.24, 2.45) is 7.05 Å². The Morgan fingerprint density at radius 1 is 0.913 bits per heavy atom. The second-order valence-corrected chi connectivity index (χ2v) is 13.3. The third kappa shape index (κ3) is 6.58. The lowest BCUT2D eigenvalue weighted by atomic mass is 9.84. The third-order valence-corrected chi connectivity index (χ3v) is 10.1. The average Bonchev–Trinajstić information content (AvgIpc) is 3.72. The predicted octanol–water partition coefficient (Wildman–Crippen LogP) is 5.22. The summed E-state index contributed by atoms with van der Waals surface area (Å²) in [7, 11) is 4.08. The number of likely N-dealkylation sites (N-methyl/N-ethyl adjacent to an activating group) is 1. The number of nitrogens with two attached hydrogens (primary N) is 1. The van der Waals surface area contributed by atoms with Crippen LogP contribution < -0.4 is 11.1 Å². The van der Waals surface area contributed by atoms with Crippen LogP contribution in [0.2, 0.25) is 0 Å². The van der Waals surface area contributed by atoms with Crippen molar-refractivity contribution in [1.29, 1.82) is 0 Å². The van der Waals surface area contributed by atoms with E-state index in [9.17, 15) is 4.79 Å². The Bertz CT molecular complexity index is 1680. The molecule has 0 radical (unpaired) electrons. The molecule has 3 aliphatic rings. The zero-order chi connectivity index (χ0) is 31.6. The molecule has 1 unspecified atom stereocenters. The van der Waals surface area contributed by atoms with Gasteiger partial charge in [-0.2, -0.15) is 5.10 Å². The average molecular weight is 620 g/mol. The number of aromatic nitrogens is 3. The summed E-state index contributed by atoms with van der Waals surface area (Å²) in [6.07, 6.45) is 11.7. The van der Waals surface area contributed by atoms with E-state index in [2.05, 4.69) is 74.7 Å². The normalized spacial score (nSPS) is 22.1. The standard InChI is InChI=1S/C37H45N7O2/c1-42-15-17-44(18-16-42)34-7-3-5-28-19-27(13-14-31(28)34)26-11-9-25(10-12-26)24-46-35-8-4-6-33(35)41-37(45)32-20-29(21-39-36(32)38)30-22-40-43(2)23-30/h9-14,19-23,33-35H,3-8,15-18,24H2,1-2H3,(H2,38,39)(H,41,45)/t33-,34?,35-/m0/s1. The molecular weight excluding hydrogens is 574 g/mol. The molecule has 46 heavy (non-hydrogen) atoms. The van der Waals surface area contributed by atoms with Crippen LogP contribution in [0.1, 0.15) is 65.2 Å². The van der Waals surface area contributed by atoms with Crippen LogP contribution in [0.25, 0.3) is 22.3 Å². The number of aryl methyl sites for hydroxylation is 2. The van der Waals surface area contributed by atoms with Crippen molar-refractivity contribution >= 4 is 11.7 Å². The number of amides is 1. The number of pyridine rings is 1. The molecule has 0 bridgehead atoms. The topological polar surface area (TPSA) is 102 Å². The minimum atomic E-state index is -0.222. The molecule has 240 valence electrons. The molecule has 9 nitrogen and oxygen atoms in total. The Labute approximate surface area is 271 Å². The summed E-state index contributed by atoms with van der Waals surface area (Å²) in [4.78, 5) is 22.7. The number of piperazine rings is 1. The zero-order valence-electron chi connectivity index (χ0n) is 27.0. The van der Waals surface area contributed by atoms with Crippen LogP contribution in [0.4, 0.5) is 5.82 Å². The zero-order valence-corrected chi connectivity index (χ0v) is 27.0. The maximum absolute atomic E-state index is 13.3. The van der Waals surface area contributed by atoms with E-state index in [0.29, 0.717) is 18.2 Å². The van der Waals surface area contributed by atoms with Crippen molar-refractivity contribution in [3.05, 3.63) is 89.4 Å². The van der Waals surface area contributed by atoms with E-state index in [0.717, 1.165) is 68.6 Å². The number of carbonyl (C=O) groups is 1. The lowest BCUT2D eigenvalue weighted by Crippen LogP contribution is -2.46. The number of ether oxygens (including phenoxy) is 1. The molecule has 0 spiro atoms. The smallest absolute Gasteiger partial charge is 0.255 e. The Kier molecular flexibility index (Phi) is 8.88. The van der Waals surface area contributed by atoms with Gasteiger partial charge in [-0.05, 0) is 79.5 Å². The highest BCUT2D eigenvalue weighted by atomic mass is 16.5. The largest absolute Gasteiger partial charge is 0.383 e. The third-order valence-electron chi connectivity index (χ3n) is 10.1. The number of rotatable bonds is 8. The summed E-state index contributed by atoms with van der Waals surface area (Å²) >= 11 is 0. The summed E-state index contributed by atoms with van der Waals surface area (Å²) in [5, 5.41) is 7.40. The van der Waals surface area contributed by atoms with Gasteiger partial charge in [-0.25, -0.2) is 4.98 Å². The van der Waals surface area contributed by atoms with Crippen molar-refractivity contribution in [3.8, 4) is 22.3 Å². The lowest BCUT2D eigenvalue weighted by molar-refractivity contribution is 0.0272. The van der Waals surface area contributed by atoms with E-state index in [-0.39, 0.29) is 23.9 Å². The van der Waals surface area contributed by atoms with Gasteiger partial charge in [0.1, 0.15) is 5.82 Å². The van der Waals surface area contributed by atoms with Crippen LogP contribution >= 0.6 is 0 Å². The van der Waals surface area contributed by atoms with E-state index in [4.69, 9.17) is 10.5 Å². The van der Waals surface area contributed by atoms with E-state index in [1.165, 1.54) is 35.1 Å². The number of anilines is 1. The number of hydrogen-bond acceptors (Lipinski definition) is 7. The number of nitrogen functional groups attached to an aromatic ring is 1. The quantitative estimate of drug-likeness (QED) is 0.279. The minimum absolute atomic E-state index is 0.0480. The summed E-state index contributed by atoms with van der Waals surface area (Å²) < 4.78 is 8.10. The van der Waals surface area contributed by atoms with Gasteiger partial charge in [0.25, 0.3) is 5.91 Å². The Balaban J connectivity index is 0.963. The first-order valence-corrected chi connectivity index (χ1v) is 16.7. The van der Waals surface area contributed by atoms with Crippen molar-refractivity contribution in [3.63, 3.8) is 0 Å². The van der Waals surface area contributed by atoms with Gasteiger partial charge < -0.3 is 20.7 Å². The van der Waals surface area contributed by atoms with Gasteiger partial charge in [0, 0.05) is 62.8 Å². The summed E-state index contributed by atoms with van der Waals surface area (Å²) in [6, 6.07) is 18.1. The molecule has 3 atom stereocenters. The highest BCUT2D eigenvalue weighted by Gasteiger charge is 2.31. The predicted molar refractivity (Wildman–Crippen MR) is 181 cm³/mol. The molecule has 1 saturated carbocycles. The van der Waals surface area contributed by atoms with Crippen molar-refractivity contribution in [1.82, 2.24) is 29.9 Å². The molecule has 1 saturated heterocycles. The van der Waals surface area contributed by atoms with Crippen molar-refractivity contribution in [2.75, 3.05) is 39.0 Å². The maximum atomic E-state index is 13.3. The van der Waals surface area contributed by atoms with Gasteiger partial charge >= 0.3 is 0 Å². The van der Waals surface area contributed by atoms with E-state index < -0.39 is 0 Å². The molecular formula is C37H45N7O2. The summed E-state index contributed by atoms with van der Waals surface area (Å²) in [6.45, 7) is 5.14. The Hall–Kier alpha value is -4.05. The van der Waals surface area contributed by atoms with Crippen LogP contribution in [0.5, 0.6) is 0 Å². The first-order valence-electron chi connectivity index (χ1n) is 16.7. The molecule has 9 heteroatoms. The highest BCUT2D eigenvalue weighted by molar-refractivity contribution is 5.99. The molecule has 2 aliphatic carbocycles. The lowest BCUT2D eigenvalue weighted by Gasteiger charge is -2.40. The van der Waals surface area contributed by atoms with Crippen LogP contribution in [0.3, 0.4) is 0 Å². The monoisotopic (exact) mass is 619 g/mol. The molecule has 1 aliphatic heterocycles. The first-order chi connectivity index (χ1) is 22.4. The highest BCUT2D eigenvalue weighted by Crippen LogP contribution is 2.37. The maximum Gasteiger partial charge on any atom is 0.255 e. The fraction of sp³-hybridized carbons (Fsp3) is 0.432. The SMILES string of the molecule is CN1CCN(C2CCCc3cc(-c4ccc(CO[C@H]5CCC[C@@H]5NC(=O)c5cc(-c6cnn(C)c6)cnc5N)cc4)ccc32)CC1. The number of benzene rings is 2. The van der Waals surface area contributed by atoms with E-state index >= 15 is 0 Å². The molecule has 2 aromatic carbocycles. The van der Waals surface area contributed by atoms with Crippen LogP contribution in [0.15, 0.2) is 67.1 Å². The van der Waals surface area contributed by atoms with E-state index in [1.54, 1.807) is 23.1 Å². The first kappa shape index (κ1) is 30.6. The molecule has 2 aromatic heterocycles. The van der Waals surface area contributed by atoms with Crippen LogP contribution in [-0.4, -0.2) is 75.8 Å². The van der Waals surface area contributed by atoms with Crippen molar-refractivity contribution in [2.45, 2.75) is 63.3 Å². The molecule has 2 fully saturated rings.